The van der Waals surface area contributed by atoms with Gasteiger partial charge in [0.2, 0.25) is 0 Å². The van der Waals surface area contributed by atoms with Crippen molar-refractivity contribution in [1.82, 2.24) is 14.5 Å². The molecule has 1 unspecified atom stereocenters. The third-order valence-electron chi connectivity index (χ3n) is 2.55. The zero-order valence-corrected chi connectivity index (χ0v) is 11.1. The minimum absolute atomic E-state index is 0.0395. The lowest BCUT2D eigenvalue weighted by Gasteiger charge is -2.29. The molecule has 0 spiro atoms. The Hall–Kier alpha value is -0.870. The molecule has 0 bridgehead atoms. The van der Waals surface area contributed by atoms with Crippen molar-refractivity contribution in [2.24, 2.45) is 11.1 Å². The van der Waals surface area contributed by atoms with E-state index in [4.69, 9.17) is 5.73 Å². The fourth-order valence-electron chi connectivity index (χ4n) is 2.21. The molecular weight excluding hydrogens is 200 g/mol. The Labute approximate surface area is 98.5 Å². The predicted molar refractivity (Wildman–Crippen MR) is 67.2 cm³/mol. The van der Waals surface area contributed by atoms with Crippen LogP contribution >= 0.6 is 0 Å². The molecule has 4 heteroatoms. The van der Waals surface area contributed by atoms with E-state index in [2.05, 4.69) is 42.4 Å². The Balaban J connectivity index is 2.75. The third-order valence-corrected chi connectivity index (χ3v) is 2.55. The minimum atomic E-state index is 0.0395. The molecule has 2 N–H and O–H groups in total. The van der Waals surface area contributed by atoms with Crippen LogP contribution in [0.4, 0.5) is 0 Å². The van der Waals surface area contributed by atoms with Gasteiger partial charge in [0.1, 0.15) is 0 Å². The average molecular weight is 224 g/mol. The van der Waals surface area contributed by atoms with E-state index in [0.717, 1.165) is 18.8 Å². The van der Waals surface area contributed by atoms with Crippen molar-refractivity contribution in [3.05, 3.63) is 18.2 Å². The highest BCUT2D eigenvalue weighted by Crippen LogP contribution is 2.21. The van der Waals surface area contributed by atoms with Crippen molar-refractivity contribution in [2.75, 3.05) is 20.6 Å². The second-order valence-corrected chi connectivity index (χ2v) is 5.64. The van der Waals surface area contributed by atoms with Gasteiger partial charge in [0.15, 0.2) is 0 Å². The van der Waals surface area contributed by atoms with Crippen LogP contribution in [-0.2, 0) is 6.54 Å². The van der Waals surface area contributed by atoms with E-state index in [1.807, 2.05) is 19.4 Å². The number of hydrogen-bond acceptors (Lipinski definition) is 3. The largest absolute Gasteiger partial charge is 0.333 e. The van der Waals surface area contributed by atoms with Crippen LogP contribution in [0.15, 0.2) is 12.5 Å². The number of nitrogens with two attached hydrogens (primary N) is 1. The van der Waals surface area contributed by atoms with Crippen molar-refractivity contribution >= 4 is 0 Å². The van der Waals surface area contributed by atoms with Gasteiger partial charge in [-0.3, -0.25) is 0 Å². The van der Waals surface area contributed by atoms with Gasteiger partial charge < -0.3 is 15.2 Å². The quantitative estimate of drug-likeness (QED) is 0.824. The molecule has 92 valence electrons. The monoisotopic (exact) mass is 224 g/mol. The second kappa shape index (κ2) is 4.97. The molecule has 0 saturated heterocycles. The number of hydrogen-bond donors (Lipinski definition) is 1. The van der Waals surface area contributed by atoms with Crippen molar-refractivity contribution in [3.8, 4) is 0 Å². The molecule has 0 saturated carbocycles. The number of aromatic nitrogens is 2. The number of imidazole rings is 1. The van der Waals surface area contributed by atoms with Gasteiger partial charge in [0, 0.05) is 25.3 Å². The fraction of sp³-hybridized carbons (Fsp3) is 0.750. The van der Waals surface area contributed by atoms with Gasteiger partial charge >= 0.3 is 0 Å². The summed E-state index contributed by atoms with van der Waals surface area (Å²) in [6, 6.07) is 0.0395. The van der Waals surface area contributed by atoms with Gasteiger partial charge in [-0.1, -0.05) is 13.8 Å². The Bertz CT molecular complexity index is 326. The molecule has 1 heterocycles. The van der Waals surface area contributed by atoms with Crippen LogP contribution in [0, 0.1) is 5.41 Å². The first-order valence-electron chi connectivity index (χ1n) is 5.72. The summed E-state index contributed by atoms with van der Waals surface area (Å²) in [6.07, 6.45) is 3.73. The number of rotatable bonds is 5. The van der Waals surface area contributed by atoms with Gasteiger partial charge in [-0.15, -0.1) is 0 Å². The summed E-state index contributed by atoms with van der Waals surface area (Å²) in [5.41, 5.74) is 7.23. The Kier molecular flexibility index (Phi) is 4.10. The molecule has 0 aliphatic rings. The normalized spacial score (nSPS) is 14.4. The first-order chi connectivity index (χ1) is 7.32. The van der Waals surface area contributed by atoms with Gasteiger partial charge in [0.25, 0.3) is 0 Å². The van der Waals surface area contributed by atoms with E-state index in [-0.39, 0.29) is 11.5 Å². The molecular formula is C12H24N4. The van der Waals surface area contributed by atoms with Crippen molar-refractivity contribution < 1.29 is 0 Å². The van der Waals surface area contributed by atoms with Gasteiger partial charge in [-0.2, -0.15) is 0 Å². The summed E-state index contributed by atoms with van der Waals surface area (Å²) < 4.78 is 2.16. The molecule has 0 fully saturated rings. The molecule has 1 aromatic rings. The van der Waals surface area contributed by atoms with Crippen LogP contribution in [0.25, 0.3) is 0 Å². The zero-order valence-electron chi connectivity index (χ0n) is 11.1. The Morgan fingerprint density at radius 1 is 1.50 bits per heavy atom. The summed E-state index contributed by atoms with van der Waals surface area (Å²) >= 11 is 0. The third kappa shape index (κ3) is 3.61. The summed E-state index contributed by atoms with van der Waals surface area (Å²) in [5.74, 6) is 0. The zero-order chi connectivity index (χ0) is 12.3. The maximum atomic E-state index is 5.91. The maximum Gasteiger partial charge on any atom is 0.0948 e. The second-order valence-electron chi connectivity index (χ2n) is 5.64. The standard InChI is InChI=1S/C12H24N4/c1-10(13)11-6-14-9-16(11)8-12(2,3)7-15(4)5/h6,9-10H,7-8,13H2,1-5H3. The fourth-order valence-corrected chi connectivity index (χ4v) is 2.21. The molecule has 0 amide bonds. The lowest BCUT2D eigenvalue weighted by atomic mass is 9.92. The first-order valence-corrected chi connectivity index (χ1v) is 5.72. The lowest BCUT2D eigenvalue weighted by molar-refractivity contribution is 0.209. The van der Waals surface area contributed by atoms with Crippen LogP contribution in [0.2, 0.25) is 0 Å². The molecule has 0 radical (unpaired) electrons. The van der Waals surface area contributed by atoms with Crippen LogP contribution in [0.5, 0.6) is 0 Å². The topological polar surface area (TPSA) is 47.1 Å². The molecule has 16 heavy (non-hydrogen) atoms. The minimum Gasteiger partial charge on any atom is -0.333 e. The van der Waals surface area contributed by atoms with Crippen LogP contribution < -0.4 is 5.73 Å². The molecule has 4 nitrogen and oxygen atoms in total. The smallest absolute Gasteiger partial charge is 0.0948 e. The molecule has 1 atom stereocenters. The van der Waals surface area contributed by atoms with E-state index in [1.165, 1.54) is 0 Å². The van der Waals surface area contributed by atoms with Crippen LogP contribution in [-0.4, -0.2) is 35.1 Å². The molecule has 0 aliphatic carbocycles. The lowest BCUT2D eigenvalue weighted by Crippen LogP contribution is -2.33. The van der Waals surface area contributed by atoms with E-state index >= 15 is 0 Å². The highest BCUT2D eigenvalue weighted by molar-refractivity contribution is 5.03. The summed E-state index contributed by atoms with van der Waals surface area (Å²) in [7, 11) is 4.20. The molecule has 0 aliphatic heterocycles. The van der Waals surface area contributed by atoms with E-state index in [0.29, 0.717) is 0 Å². The maximum absolute atomic E-state index is 5.91. The number of nitrogens with zero attached hydrogens (tertiary/aromatic N) is 3. The van der Waals surface area contributed by atoms with Gasteiger partial charge in [0.05, 0.1) is 12.0 Å². The predicted octanol–water partition coefficient (Wildman–Crippen LogP) is 1.49. The average Bonchev–Trinajstić information content (AvgIpc) is 2.48. The van der Waals surface area contributed by atoms with Crippen molar-refractivity contribution in [1.29, 1.82) is 0 Å². The van der Waals surface area contributed by atoms with Crippen molar-refractivity contribution in [3.63, 3.8) is 0 Å². The summed E-state index contributed by atoms with van der Waals surface area (Å²) in [5, 5.41) is 0. The Morgan fingerprint density at radius 2 is 2.12 bits per heavy atom. The van der Waals surface area contributed by atoms with Gasteiger partial charge in [-0.25, -0.2) is 4.98 Å². The molecule has 0 aromatic carbocycles. The van der Waals surface area contributed by atoms with Crippen LogP contribution in [0.1, 0.15) is 32.5 Å². The van der Waals surface area contributed by atoms with Crippen molar-refractivity contribution in [2.45, 2.75) is 33.4 Å². The summed E-state index contributed by atoms with van der Waals surface area (Å²) in [4.78, 5) is 6.39. The Morgan fingerprint density at radius 3 is 2.62 bits per heavy atom. The van der Waals surface area contributed by atoms with E-state index < -0.39 is 0 Å². The highest BCUT2D eigenvalue weighted by atomic mass is 15.1. The SMILES string of the molecule is CC(N)c1cncn1CC(C)(C)CN(C)C. The molecule has 1 aromatic heterocycles. The summed E-state index contributed by atoms with van der Waals surface area (Å²) in [6.45, 7) is 8.51. The molecule has 1 rings (SSSR count). The highest BCUT2D eigenvalue weighted by Gasteiger charge is 2.21. The van der Waals surface area contributed by atoms with Crippen LogP contribution in [0.3, 0.4) is 0 Å². The first kappa shape index (κ1) is 13.2. The van der Waals surface area contributed by atoms with E-state index in [9.17, 15) is 0 Å². The van der Waals surface area contributed by atoms with E-state index in [1.54, 1.807) is 0 Å². The van der Waals surface area contributed by atoms with Gasteiger partial charge in [-0.05, 0) is 26.4 Å².